The molecule has 2 N–H and O–H groups in total. The highest BCUT2D eigenvalue weighted by molar-refractivity contribution is 5.24. The second-order valence-electron chi connectivity index (χ2n) is 6.34. The van der Waals surface area contributed by atoms with E-state index in [4.69, 9.17) is 4.42 Å². The van der Waals surface area contributed by atoms with Gasteiger partial charge in [-0.25, -0.2) is 0 Å². The van der Waals surface area contributed by atoms with Crippen LogP contribution >= 0.6 is 0 Å². The molecule has 0 saturated heterocycles. The van der Waals surface area contributed by atoms with Gasteiger partial charge in [-0.05, 0) is 31.7 Å². The van der Waals surface area contributed by atoms with E-state index in [1.807, 2.05) is 6.26 Å². The molecule has 106 valence electrons. The van der Waals surface area contributed by atoms with Crippen LogP contribution in [0.2, 0.25) is 0 Å². The maximum absolute atomic E-state index is 9.77. The highest BCUT2D eigenvalue weighted by Crippen LogP contribution is 2.37. The van der Waals surface area contributed by atoms with Crippen molar-refractivity contribution < 1.29 is 9.52 Å². The normalized spacial score (nSPS) is 26.1. The summed E-state index contributed by atoms with van der Waals surface area (Å²) in [5.41, 5.74) is 1.47. The first kappa shape index (κ1) is 13.2. The molecule has 0 amide bonds. The second-order valence-corrected chi connectivity index (χ2v) is 6.34. The predicted octanol–water partition coefficient (Wildman–Crippen LogP) is 3.19. The van der Waals surface area contributed by atoms with Crippen LogP contribution in [-0.2, 0) is 6.42 Å². The number of hydrogen-bond donors (Lipinski definition) is 2. The molecule has 1 atom stereocenters. The summed E-state index contributed by atoms with van der Waals surface area (Å²) in [5.74, 6) is 1.16. The largest absolute Gasteiger partial charge is 0.469 e. The van der Waals surface area contributed by atoms with Crippen molar-refractivity contribution in [3.8, 4) is 0 Å². The van der Waals surface area contributed by atoms with Crippen molar-refractivity contribution in [3.63, 3.8) is 0 Å². The van der Waals surface area contributed by atoms with Crippen molar-refractivity contribution in [2.24, 2.45) is 5.41 Å². The Hall–Kier alpha value is -0.800. The molecular formula is C16H25NO2. The number of aliphatic hydroxyl groups is 1. The van der Waals surface area contributed by atoms with Gasteiger partial charge < -0.3 is 14.8 Å². The van der Waals surface area contributed by atoms with Crippen LogP contribution in [0.1, 0.15) is 62.3 Å². The Bertz CT molecular complexity index is 407. The molecular weight excluding hydrogens is 238 g/mol. The van der Waals surface area contributed by atoms with Crippen LogP contribution in [0.3, 0.4) is 0 Å². The van der Waals surface area contributed by atoms with Crippen LogP contribution in [0.4, 0.5) is 0 Å². The number of aliphatic hydroxyl groups excluding tert-OH is 1. The lowest BCUT2D eigenvalue weighted by atomic mass is 9.74. The van der Waals surface area contributed by atoms with E-state index in [1.54, 1.807) is 0 Å². The third-order valence-corrected chi connectivity index (χ3v) is 5.03. The summed E-state index contributed by atoms with van der Waals surface area (Å²) in [6.45, 7) is 1.27. The molecule has 0 radical (unpaired) electrons. The smallest absolute Gasteiger partial charge is 0.108 e. The highest BCUT2D eigenvalue weighted by Gasteiger charge is 2.32. The van der Waals surface area contributed by atoms with Gasteiger partial charge in [-0.2, -0.15) is 0 Å². The second kappa shape index (κ2) is 5.68. The van der Waals surface area contributed by atoms with E-state index < -0.39 is 0 Å². The van der Waals surface area contributed by atoms with Crippen LogP contribution in [0.15, 0.2) is 16.7 Å². The van der Waals surface area contributed by atoms with Gasteiger partial charge in [-0.3, -0.25) is 0 Å². The molecule has 0 aromatic carbocycles. The van der Waals surface area contributed by atoms with Crippen LogP contribution < -0.4 is 5.32 Å². The van der Waals surface area contributed by atoms with Crippen molar-refractivity contribution in [1.82, 2.24) is 5.32 Å². The highest BCUT2D eigenvalue weighted by atomic mass is 16.3. The fourth-order valence-corrected chi connectivity index (χ4v) is 3.73. The van der Waals surface area contributed by atoms with Crippen LogP contribution in [0.5, 0.6) is 0 Å². The first-order chi connectivity index (χ1) is 9.33. The predicted molar refractivity (Wildman–Crippen MR) is 75.0 cm³/mol. The Kier molecular flexibility index (Phi) is 3.94. The fraction of sp³-hybridized carbons (Fsp3) is 0.750. The molecule has 0 aliphatic heterocycles. The molecule has 1 unspecified atom stereocenters. The monoisotopic (exact) mass is 263 g/mol. The number of fused-ring (bicyclic) bond motifs is 1. The molecule has 1 aromatic rings. The lowest BCUT2D eigenvalue weighted by Crippen LogP contribution is -2.41. The average molecular weight is 263 g/mol. The van der Waals surface area contributed by atoms with E-state index in [9.17, 15) is 5.11 Å². The Balaban J connectivity index is 1.63. The molecule has 1 fully saturated rings. The third-order valence-electron chi connectivity index (χ3n) is 5.03. The molecule has 3 heteroatoms. The Morgan fingerprint density at radius 3 is 2.89 bits per heavy atom. The zero-order chi connectivity index (χ0) is 13.1. The van der Waals surface area contributed by atoms with E-state index in [-0.39, 0.29) is 5.41 Å². The van der Waals surface area contributed by atoms with E-state index in [2.05, 4.69) is 11.4 Å². The third kappa shape index (κ3) is 2.72. The molecule has 19 heavy (non-hydrogen) atoms. The molecule has 3 rings (SSSR count). The summed E-state index contributed by atoms with van der Waals surface area (Å²) in [6.07, 6.45) is 11.5. The summed E-state index contributed by atoms with van der Waals surface area (Å²) < 4.78 is 5.54. The van der Waals surface area contributed by atoms with E-state index >= 15 is 0 Å². The van der Waals surface area contributed by atoms with Gasteiger partial charge in [0.05, 0.1) is 6.26 Å². The maximum atomic E-state index is 9.77. The Morgan fingerprint density at radius 2 is 2.11 bits per heavy atom. The van der Waals surface area contributed by atoms with E-state index in [0.29, 0.717) is 12.6 Å². The lowest BCUT2D eigenvalue weighted by molar-refractivity contribution is 0.0774. The standard InChI is InChI=1S/C16H25NO2/c18-12-16(8-2-1-3-9-16)11-17-14-5-4-6-15-13(14)7-10-19-15/h7,10,14,17-18H,1-6,8-9,11-12H2. The van der Waals surface area contributed by atoms with Gasteiger partial charge >= 0.3 is 0 Å². The van der Waals surface area contributed by atoms with Gasteiger partial charge in [-0.15, -0.1) is 0 Å². The lowest BCUT2D eigenvalue weighted by Gasteiger charge is -2.37. The fourth-order valence-electron chi connectivity index (χ4n) is 3.73. The topological polar surface area (TPSA) is 45.4 Å². The minimum absolute atomic E-state index is 0.125. The summed E-state index contributed by atoms with van der Waals surface area (Å²) >= 11 is 0. The SMILES string of the molecule is OCC1(CNC2CCCc3occc32)CCCCC1. The molecule has 1 aromatic heterocycles. The number of rotatable bonds is 4. The van der Waals surface area contributed by atoms with Crippen molar-refractivity contribution in [2.45, 2.75) is 57.4 Å². The van der Waals surface area contributed by atoms with Gasteiger partial charge in [0.25, 0.3) is 0 Å². The van der Waals surface area contributed by atoms with Crippen LogP contribution in [0, 0.1) is 5.41 Å². The van der Waals surface area contributed by atoms with Crippen LogP contribution in [0.25, 0.3) is 0 Å². The molecule has 1 saturated carbocycles. The first-order valence-electron chi connectivity index (χ1n) is 7.73. The zero-order valence-corrected chi connectivity index (χ0v) is 11.7. The quantitative estimate of drug-likeness (QED) is 0.877. The number of aryl methyl sites for hydroxylation is 1. The van der Waals surface area contributed by atoms with Crippen LogP contribution in [-0.4, -0.2) is 18.3 Å². The summed E-state index contributed by atoms with van der Waals surface area (Å²) in [5, 5.41) is 13.5. The number of furan rings is 1. The summed E-state index contributed by atoms with van der Waals surface area (Å²) in [7, 11) is 0. The van der Waals surface area contributed by atoms with Gasteiger partial charge in [0.15, 0.2) is 0 Å². The summed E-state index contributed by atoms with van der Waals surface area (Å²) in [6, 6.07) is 2.53. The van der Waals surface area contributed by atoms with Crippen molar-refractivity contribution in [3.05, 3.63) is 23.7 Å². The maximum Gasteiger partial charge on any atom is 0.108 e. The van der Waals surface area contributed by atoms with Gasteiger partial charge in [0.1, 0.15) is 5.76 Å². The van der Waals surface area contributed by atoms with E-state index in [1.165, 1.54) is 50.5 Å². The van der Waals surface area contributed by atoms with Crippen molar-refractivity contribution >= 4 is 0 Å². The van der Waals surface area contributed by atoms with Gasteiger partial charge in [0, 0.05) is 36.6 Å². The average Bonchev–Trinajstić information content (AvgIpc) is 2.95. The van der Waals surface area contributed by atoms with Gasteiger partial charge in [-0.1, -0.05) is 19.3 Å². The number of hydrogen-bond acceptors (Lipinski definition) is 3. The summed E-state index contributed by atoms with van der Waals surface area (Å²) in [4.78, 5) is 0. The number of nitrogens with one attached hydrogen (secondary N) is 1. The Morgan fingerprint density at radius 1 is 1.26 bits per heavy atom. The molecule has 2 aliphatic carbocycles. The molecule has 0 bridgehead atoms. The molecule has 1 heterocycles. The minimum atomic E-state index is 0.125. The van der Waals surface area contributed by atoms with E-state index in [0.717, 1.165) is 18.7 Å². The first-order valence-corrected chi connectivity index (χ1v) is 7.73. The van der Waals surface area contributed by atoms with Gasteiger partial charge in [0.2, 0.25) is 0 Å². The zero-order valence-electron chi connectivity index (χ0n) is 11.7. The minimum Gasteiger partial charge on any atom is -0.469 e. The Labute approximate surface area is 115 Å². The molecule has 0 spiro atoms. The van der Waals surface area contributed by atoms with Crippen molar-refractivity contribution in [2.75, 3.05) is 13.2 Å². The molecule has 3 nitrogen and oxygen atoms in total. The molecule has 2 aliphatic rings. The van der Waals surface area contributed by atoms with Crippen molar-refractivity contribution in [1.29, 1.82) is 0 Å².